The van der Waals surface area contributed by atoms with Crippen LogP contribution in [-0.4, -0.2) is 41.3 Å². The number of carbonyl (C=O) groups excluding carboxylic acids is 2. The molecule has 2 N–H and O–H groups in total. The van der Waals surface area contributed by atoms with E-state index in [2.05, 4.69) is 13.8 Å². The number of aromatic hydroxyl groups is 1. The Hall–Kier alpha value is -2.05. The maximum atomic E-state index is 13.0. The molecule has 6 nitrogen and oxygen atoms in total. The summed E-state index contributed by atoms with van der Waals surface area (Å²) < 4.78 is 10.8. The van der Waals surface area contributed by atoms with Crippen molar-refractivity contribution in [3.63, 3.8) is 0 Å². The standard InChI is InChI=1S/C24H29ClO6/c1-12-19(16(27)7-17(30-5)20(12)25)21(28)31-18-10-23(4)15-9-22(2,3)8-13(15)6-14(11-26)24(18,23)29/h6-7,11,13,15,18,27,29H,8-10H2,1-5H3/t13-,15-,18+,23+,24-/m1/s1. The van der Waals surface area contributed by atoms with Crippen LogP contribution < -0.4 is 4.74 Å². The molecule has 168 valence electrons. The maximum absolute atomic E-state index is 13.0. The lowest BCUT2D eigenvalue weighted by molar-refractivity contribution is -0.246. The summed E-state index contributed by atoms with van der Waals surface area (Å²) in [5.41, 5.74) is -1.45. The molecule has 0 aromatic heterocycles. The van der Waals surface area contributed by atoms with Gasteiger partial charge in [0, 0.05) is 17.1 Å². The molecule has 31 heavy (non-hydrogen) atoms. The third kappa shape index (κ3) is 2.94. The van der Waals surface area contributed by atoms with Gasteiger partial charge in [0.15, 0.2) is 0 Å². The number of aldehydes is 1. The number of carbonyl (C=O) groups is 2. The molecule has 5 atom stereocenters. The molecule has 3 aliphatic carbocycles. The van der Waals surface area contributed by atoms with Gasteiger partial charge in [0.25, 0.3) is 0 Å². The largest absolute Gasteiger partial charge is 0.507 e. The number of hydrogen-bond donors (Lipinski definition) is 2. The Balaban J connectivity index is 1.66. The number of esters is 1. The summed E-state index contributed by atoms with van der Waals surface area (Å²) >= 11 is 6.24. The highest BCUT2D eigenvalue weighted by atomic mass is 35.5. The minimum absolute atomic E-state index is 0.0738. The van der Waals surface area contributed by atoms with E-state index in [1.54, 1.807) is 6.92 Å². The summed E-state index contributed by atoms with van der Waals surface area (Å²) in [5.74, 6) is -0.429. The van der Waals surface area contributed by atoms with Gasteiger partial charge in [-0.3, -0.25) is 4.79 Å². The summed E-state index contributed by atoms with van der Waals surface area (Å²) in [7, 11) is 1.41. The first-order valence-corrected chi connectivity index (χ1v) is 10.9. The fourth-order valence-corrected chi connectivity index (χ4v) is 6.54. The van der Waals surface area contributed by atoms with Gasteiger partial charge in [-0.1, -0.05) is 38.4 Å². The molecule has 0 amide bonds. The predicted octanol–water partition coefficient (Wildman–Crippen LogP) is 4.22. The van der Waals surface area contributed by atoms with Crippen LogP contribution in [0.2, 0.25) is 5.02 Å². The van der Waals surface area contributed by atoms with E-state index in [1.807, 2.05) is 13.0 Å². The first-order chi connectivity index (χ1) is 14.4. The van der Waals surface area contributed by atoms with Crippen molar-refractivity contribution < 1.29 is 29.3 Å². The van der Waals surface area contributed by atoms with Crippen molar-refractivity contribution in [3.05, 3.63) is 33.9 Å². The molecule has 2 saturated carbocycles. The van der Waals surface area contributed by atoms with E-state index in [-0.39, 0.29) is 44.9 Å². The van der Waals surface area contributed by atoms with E-state index in [0.29, 0.717) is 18.3 Å². The molecule has 0 spiro atoms. The highest BCUT2D eigenvalue weighted by Crippen LogP contribution is 2.68. The van der Waals surface area contributed by atoms with Gasteiger partial charge in [-0.15, -0.1) is 0 Å². The molecule has 0 aliphatic heterocycles. The number of allylic oxidation sites excluding steroid dienone is 1. The summed E-state index contributed by atoms with van der Waals surface area (Å²) in [5, 5.41) is 22.3. The second-order valence-corrected chi connectivity index (χ2v) is 10.7. The Morgan fingerprint density at radius 2 is 1.94 bits per heavy atom. The zero-order valence-electron chi connectivity index (χ0n) is 18.5. The molecular formula is C24H29ClO6. The molecule has 4 rings (SSSR count). The van der Waals surface area contributed by atoms with Gasteiger partial charge in [-0.05, 0) is 49.0 Å². The van der Waals surface area contributed by atoms with Gasteiger partial charge >= 0.3 is 5.97 Å². The van der Waals surface area contributed by atoms with Crippen molar-refractivity contribution in [2.75, 3.05) is 7.11 Å². The molecule has 0 heterocycles. The van der Waals surface area contributed by atoms with Crippen LogP contribution in [0.1, 0.15) is 56.0 Å². The highest BCUT2D eigenvalue weighted by molar-refractivity contribution is 6.33. The molecule has 0 radical (unpaired) electrons. The Morgan fingerprint density at radius 1 is 1.26 bits per heavy atom. The maximum Gasteiger partial charge on any atom is 0.342 e. The van der Waals surface area contributed by atoms with Gasteiger partial charge < -0.3 is 19.7 Å². The number of ether oxygens (including phenoxy) is 2. The van der Waals surface area contributed by atoms with E-state index >= 15 is 0 Å². The lowest BCUT2D eigenvalue weighted by atomic mass is 9.44. The first kappa shape index (κ1) is 22.2. The van der Waals surface area contributed by atoms with Crippen LogP contribution in [0.5, 0.6) is 11.5 Å². The Labute approximate surface area is 187 Å². The smallest absolute Gasteiger partial charge is 0.342 e. The minimum Gasteiger partial charge on any atom is -0.507 e. The third-order valence-electron chi connectivity index (χ3n) is 7.92. The Morgan fingerprint density at radius 3 is 2.55 bits per heavy atom. The van der Waals surface area contributed by atoms with Crippen molar-refractivity contribution in [2.45, 2.75) is 58.7 Å². The molecule has 0 unspecified atom stereocenters. The monoisotopic (exact) mass is 448 g/mol. The molecule has 0 bridgehead atoms. The number of phenols is 1. The number of fused-ring (bicyclic) bond motifs is 3. The Bertz CT molecular complexity index is 998. The number of methoxy groups -OCH3 is 1. The number of hydrogen-bond acceptors (Lipinski definition) is 6. The number of phenolic OH excluding ortho intramolecular Hbond substituents is 1. The SMILES string of the molecule is COc1cc(O)c(C(=O)O[C@H]2C[C@@]3(C)[C@@H]4CC(C)(C)C[C@H]4C=C(C=O)[C@@]23O)c(C)c1Cl. The first-order valence-electron chi connectivity index (χ1n) is 10.6. The van der Waals surface area contributed by atoms with Crippen LogP contribution in [0.4, 0.5) is 0 Å². The van der Waals surface area contributed by atoms with E-state index in [9.17, 15) is 19.8 Å². The van der Waals surface area contributed by atoms with Crippen LogP contribution >= 0.6 is 11.6 Å². The lowest BCUT2D eigenvalue weighted by Gasteiger charge is -2.64. The molecule has 1 aromatic carbocycles. The van der Waals surface area contributed by atoms with Crippen molar-refractivity contribution in [2.24, 2.45) is 22.7 Å². The third-order valence-corrected chi connectivity index (χ3v) is 8.39. The topological polar surface area (TPSA) is 93.1 Å². The summed E-state index contributed by atoms with van der Waals surface area (Å²) in [6.07, 6.45) is 4.02. The molecule has 3 aliphatic rings. The van der Waals surface area contributed by atoms with Crippen LogP contribution in [0.25, 0.3) is 0 Å². The van der Waals surface area contributed by atoms with E-state index in [1.165, 1.54) is 13.2 Å². The van der Waals surface area contributed by atoms with Gasteiger partial charge in [-0.25, -0.2) is 4.79 Å². The number of rotatable bonds is 4. The van der Waals surface area contributed by atoms with Crippen molar-refractivity contribution >= 4 is 23.9 Å². The van der Waals surface area contributed by atoms with Gasteiger partial charge in [0.1, 0.15) is 35.1 Å². The zero-order chi connectivity index (χ0) is 22.9. The summed E-state index contributed by atoms with van der Waals surface area (Å²) in [6.45, 7) is 7.98. The quantitative estimate of drug-likeness (QED) is 0.529. The molecule has 2 fully saturated rings. The average molecular weight is 449 g/mol. The van der Waals surface area contributed by atoms with Crippen molar-refractivity contribution in [3.8, 4) is 11.5 Å². The zero-order valence-corrected chi connectivity index (χ0v) is 19.2. The molecule has 7 heteroatoms. The molecule has 0 saturated heterocycles. The summed E-state index contributed by atoms with van der Waals surface area (Å²) in [4.78, 5) is 24.9. The Kier molecular flexibility index (Phi) is 4.98. The van der Waals surface area contributed by atoms with E-state index < -0.39 is 23.1 Å². The number of halogens is 1. The van der Waals surface area contributed by atoms with Crippen LogP contribution in [0, 0.1) is 29.6 Å². The van der Waals surface area contributed by atoms with Gasteiger partial charge in [0.2, 0.25) is 0 Å². The lowest BCUT2D eigenvalue weighted by Crippen LogP contribution is -2.72. The van der Waals surface area contributed by atoms with Crippen molar-refractivity contribution in [1.82, 2.24) is 0 Å². The fraction of sp³-hybridized carbons (Fsp3) is 0.583. The number of aliphatic hydroxyl groups is 1. The minimum atomic E-state index is -1.55. The average Bonchev–Trinajstić information content (AvgIpc) is 3.01. The highest BCUT2D eigenvalue weighted by Gasteiger charge is 2.72. The second-order valence-electron chi connectivity index (χ2n) is 10.3. The normalized spacial score (nSPS) is 35.3. The van der Waals surface area contributed by atoms with E-state index in [4.69, 9.17) is 21.1 Å². The predicted molar refractivity (Wildman–Crippen MR) is 115 cm³/mol. The molecule has 1 aromatic rings. The van der Waals surface area contributed by atoms with Gasteiger partial charge in [-0.2, -0.15) is 0 Å². The van der Waals surface area contributed by atoms with Gasteiger partial charge in [0.05, 0.1) is 12.1 Å². The second kappa shape index (κ2) is 6.97. The number of benzene rings is 1. The molecular weight excluding hydrogens is 420 g/mol. The fourth-order valence-electron chi connectivity index (χ4n) is 6.31. The van der Waals surface area contributed by atoms with Crippen molar-refractivity contribution in [1.29, 1.82) is 0 Å². The van der Waals surface area contributed by atoms with E-state index in [0.717, 1.165) is 12.8 Å². The van der Waals surface area contributed by atoms with Crippen LogP contribution in [0.15, 0.2) is 17.7 Å². The van der Waals surface area contributed by atoms with Crippen LogP contribution in [0.3, 0.4) is 0 Å². The van der Waals surface area contributed by atoms with Crippen LogP contribution in [-0.2, 0) is 9.53 Å². The summed E-state index contributed by atoms with van der Waals surface area (Å²) in [6, 6.07) is 1.26.